The summed E-state index contributed by atoms with van der Waals surface area (Å²) in [7, 11) is 0. The summed E-state index contributed by atoms with van der Waals surface area (Å²) in [6.45, 7) is 0. The summed E-state index contributed by atoms with van der Waals surface area (Å²) in [6, 6.07) is 13.9. The molecule has 0 saturated heterocycles. The van der Waals surface area contributed by atoms with Crippen molar-refractivity contribution in [1.29, 1.82) is 0 Å². The van der Waals surface area contributed by atoms with Gasteiger partial charge in [-0.1, -0.05) is 12.1 Å². The Morgan fingerprint density at radius 1 is 1.00 bits per heavy atom. The Morgan fingerprint density at radius 2 is 1.89 bits per heavy atom. The lowest BCUT2D eigenvalue weighted by atomic mass is 10.1. The van der Waals surface area contributed by atoms with Gasteiger partial charge in [-0.15, -0.1) is 0 Å². The van der Waals surface area contributed by atoms with E-state index < -0.39 is 0 Å². The fourth-order valence-corrected chi connectivity index (χ4v) is 2.48. The molecule has 3 nitrogen and oxygen atoms in total. The Kier molecular flexibility index (Phi) is 2.87. The van der Waals surface area contributed by atoms with E-state index in [2.05, 4.69) is 44.7 Å². The van der Waals surface area contributed by atoms with Gasteiger partial charge in [-0.3, -0.25) is 0 Å². The van der Waals surface area contributed by atoms with Crippen molar-refractivity contribution in [3.8, 4) is 11.3 Å². The molecular weight excluding hydrogens is 337 g/mol. The molecule has 0 aliphatic rings. The van der Waals surface area contributed by atoms with Gasteiger partial charge in [-0.25, -0.2) is 9.97 Å². The lowest BCUT2D eigenvalue weighted by molar-refractivity contribution is 1.22. The predicted molar refractivity (Wildman–Crippen MR) is 82.1 cm³/mol. The van der Waals surface area contributed by atoms with E-state index in [1.807, 2.05) is 30.3 Å². The Bertz CT molecular complexity index is 725. The van der Waals surface area contributed by atoms with E-state index >= 15 is 0 Å². The van der Waals surface area contributed by atoms with Crippen molar-refractivity contribution in [1.82, 2.24) is 9.97 Å². The molecule has 0 unspecified atom stereocenters. The number of nitrogen functional groups attached to an aromatic ring is 1. The van der Waals surface area contributed by atoms with Crippen molar-refractivity contribution in [2.24, 2.45) is 0 Å². The van der Waals surface area contributed by atoms with Gasteiger partial charge >= 0.3 is 0 Å². The van der Waals surface area contributed by atoms with E-state index in [0.29, 0.717) is 0 Å². The van der Waals surface area contributed by atoms with Crippen LogP contribution in [0, 0.1) is 3.57 Å². The third-order valence-electron chi connectivity index (χ3n) is 2.76. The highest BCUT2D eigenvalue weighted by Gasteiger charge is 2.06. The van der Waals surface area contributed by atoms with Crippen LogP contribution in [-0.2, 0) is 0 Å². The smallest absolute Gasteiger partial charge is 0.116 e. The summed E-state index contributed by atoms with van der Waals surface area (Å²) in [6.07, 6.45) is 1.59. The second-order valence-corrected chi connectivity index (χ2v) is 5.25. The minimum absolute atomic E-state index is 0.726. The van der Waals surface area contributed by atoms with E-state index in [1.54, 1.807) is 6.33 Å². The Hall–Kier alpha value is -1.69. The van der Waals surface area contributed by atoms with Gasteiger partial charge in [0.15, 0.2) is 0 Å². The normalized spacial score (nSPS) is 10.7. The molecule has 0 aliphatic heterocycles. The average molecular weight is 347 g/mol. The molecule has 0 atom stereocenters. The molecule has 88 valence electrons. The number of rotatable bonds is 1. The van der Waals surface area contributed by atoms with Crippen molar-refractivity contribution < 1.29 is 0 Å². The molecule has 0 bridgehead atoms. The zero-order valence-corrected chi connectivity index (χ0v) is 11.6. The van der Waals surface area contributed by atoms with Crippen molar-refractivity contribution in [3.63, 3.8) is 0 Å². The highest BCUT2D eigenvalue weighted by molar-refractivity contribution is 14.1. The SMILES string of the molecule is Nc1ccc2ncnc(-c3cccc(I)c3)c2c1. The molecular formula is C14H10IN3. The molecule has 1 heterocycles. The first-order valence-electron chi connectivity index (χ1n) is 5.50. The largest absolute Gasteiger partial charge is 0.399 e. The van der Waals surface area contributed by atoms with Crippen LogP contribution in [0.2, 0.25) is 0 Å². The Balaban J connectivity index is 2.32. The monoisotopic (exact) mass is 347 g/mol. The summed E-state index contributed by atoms with van der Waals surface area (Å²) in [5.74, 6) is 0. The molecule has 4 heteroatoms. The van der Waals surface area contributed by atoms with Gasteiger partial charge in [0.05, 0.1) is 11.2 Å². The number of aromatic nitrogens is 2. The summed E-state index contributed by atoms with van der Waals surface area (Å²) >= 11 is 2.29. The van der Waals surface area contributed by atoms with E-state index in [0.717, 1.165) is 27.8 Å². The molecule has 0 amide bonds. The standard InChI is InChI=1S/C14H10IN3/c15-10-3-1-2-9(6-10)14-12-7-11(16)4-5-13(12)17-8-18-14/h1-8H,16H2. The lowest BCUT2D eigenvalue weighted by Crippen LogP contribution is -1.91. The third kappa shape index (κ3) is 2.03. The fourth-order valence-electron chi connectivity index (χ4n) is 1.94. The topological polar surface area (TPSA) is 51.8 Å². The highest BCUT2D eigenvalue weighted by Crippen LogP contribution is 2.27. The fraction of sp³-hybridized carbons (Fsp3) is 0. The zero-order chi connectivity index (χ0) is 12.5. The van der Waals surface area contributed by atoms with Crippen molar-refractivity contribution in [2.45, 2.75) is 0 Å². The molecule has 2 N–H and O–H groups in total. The Morgan fingerprint density at radius 3 is 2.72 bits per heavy atom. The number of hydrogen-bond donors (Lipinski definition) is 1. The minimum atomic E-state index is 0.726. The first-order chi connectivity index (χ1) is 8.74. The highest BCUT2D eigenvalue weighted by atomic mass is 127. The van der Waals surface area contributed by atoms with Gasteiger partial charge in [-0.2, -0.15) is 0 Å². The van der Waals surface area contributed by atoms with Crippen LogP contribution in [0.1, 0.15) is 0 Å². The number of hydrogen-bond acceptors (Lipinski definition) is 3. The van der Waals surface area contributed by atoms with Gasteiger partial charge in [0, 0.05) is 20.2 Å². The number of halogens is 1. The van der Waals surface area contributed by atoms with Crippen LogP contribution >= 0.6 is 22.6 Å². The maximum atomic E-state index is 5.84. The number of nitrogens with two attached hydrogens (primary N) is 1. The van der Waals surface area contributed by atoms with E-state index in [9.17, 15) is 0 Å². The number of benzene rings is 2. The predicted octanol–water partition coefficient (Wildman–Crippen LogP) is 3.48. The summed E-state index contributed by atoms with van der Waals surface area (Å²) < 4.78 is 1.18. The van der Waals surface area contributed by atoms with Crippen LogP contribution in [0.15, 0.2) is 48.8 Å². The zero-order valence-electron chi connectivity index (χ0n) is 9.47. The van der Waals surface area contributed by atoms with Crippen LogP contribution in [0.25, 0.3) is 22.2 Å². The van der Waals surface area contributed by atoms with Crippen LogP contribution in [0.3, 0.4) is 0 Å². The van der Waals surface area contributed by atoms with Crippen molar-refractivity contribution in [2.75, 3.05) is 5.73 Å². The van der Waals surface area contributed by atoms with Crippen LogP contribution in [-0.4, -0.2) is 9.97 Å². The second-order valence-electron chi connectivity index (χ2n) is 4.01. The molecule has 0 radical (unpaired) electrons. The second kappa shape index (κ2) is 4.53. The van der Waals surface area contributed by atoms with Gasteiger partial charge in [0.25, 0.3) is 0 Å². The maximum Gasteiger partial charge on any atom is 0.116 e. The molecule has 0 aliphatic carbocycles. The molecule has 3 aromatic rings. The number of nitrogens with zero attached hydrogens (tertiary/aromatic N) is 2. The summed E-state index contributed by atoms with van der Waals surface area (Å²) in [4.78, 5) is 8.65. The van der Waals surface area contributed by atoms with Crippen LogP contribution in [0.5, 0.6) is 0 Å². The average Bonchev–Trinajstić information content (AvgIpc) is 2.38. The molecule has 0 fully saturated rings. The first kappa shape index (κ1) is 11.4. The lowest BCUT2D eigenvalue weighted by Gasteiger charge is -2.06. The molecule has 0 spiro atoms. The van der Waals surface area contributed by atoms with Gasteiger partial charge < -0.3 is 5.73 Å². The van der Waals surface area contributed by atoms with Crippen LogP contribution in [0.4, 0.5) is 5.69 Å². The molecule has 2 aromatic carbocycles. The van der Waals surface area contributed by atoms with E-state index in [1.165, 1.54) is 3.57 Å². The van der Waals surface area contributed by atoms with E-state index in [4.69, 9.17) is 5.73 Å². The quantitative estimate of drug-likeness (QED) is 0.542. The van der Waals surface area contributed by atoms with Gasteiger partial charge in [-0.05, 0) is 52.9 Å². The molecule has 1 aromatic heterocycles. The minimum Gasteiger partial charge on any atom is -0.399 e. The van der Waals surface area contributed by atoms with Gasteiger partial charge in [0.2, 0.25) is 0 Å². The van der Waals surface area contributed by atoms with Gasteiger partial charge in [0.1, 0.15) is 6.33 Å². The maximum absolute atomic E-state index is 5.84. The van der Waals surface area contributed by atoms with Crippen molar-refractivity contribution >= 4 is 39.2 Å². The number of fused-ring (bicyclic) bond motifs is 1. The van der Waals surface area contributed by atoms with Crippen LogP contribution < -0.4 is 5.73 Å². The molecule has 18 heavy (non-hydrogen) atoms. The van der Waals surface area contributed by atoms with E-state index in [-0.39, 0.29) is 0 Å². The summed E-state index contributed by atoms with van der Waals surface area (Å²) in [5, 5.41) is 0.986. The third-order valence-corrected chi connectivity index (χ3v) is 3.43. The summed E-state index contributed by atoms with van der Waals surface area (Å²) in [5.41, 5.74) is 9.49. The Labute approximate surface area is 118 Å². The number of anilines is 1. The molecule has 0 saturated carbocycles. The van der Waals surface area contributed by atoms with Crippen molar-refractivity contribution in [3.05, 3.63) is 52.4 Å². The first-order valence-corrected chi connectivity index (χ1v) is 6.58. The molecule has 3 rings (SSSR count).